The largest absolute Gasteiger partial charge is 0.422 e. The molecule has 1 aromatic heterocycles. The van der Waals surface area contributed by atoms with Crippen molar-refractivity contribution in [1.82, 2.24) is 9.78 Å². The molecule has 1 unspecified atom stereocenters. The third-order valence-electron chi connectivity index (χ3n) is 5.65. The fourth-order valence-corrected chi connectivity index (χ4v) is 4.37. The van der Waals surface area contributed by atoms with Crippen molar-refractivity contribution in [2.45, 2.75) is 25.2 Å². The molecular formula is C23H19N5O2. The summed E-state index contributed by atoms with van der Waals surface area (Å²) in [5.41, 5.74) is 8.24. The van der Waals surface area contributed by atoms with Crippen molar-refractivity contribution >= 4 is 11.6 Å². The van der Waals surface area contributed by atoms with Crippen LogP contribution in [-0.2, 0) is 10.2 Å². The van der Waals surface area contributed by atoms with Crippen molar-refractivity contribution < 1.29 is 9.53 Å². The molecule has 1 spiro atoms. The minimum absolute atomic E-state index is 0.0241. The second-order valence-electron chi connectivity index (χ2n) is 7.67. The van der Waals surface area contributed by atoms with Crippen LogP contribution in [0.5, 0.6) is 5.88 Å². The molecule has 3 aromatic rings. The van der Waals surface area contributed by atoms with E-state index in [1.807, 2.05) is 68.4 Å². The van der Waals surface area contributed by atoms with Gasteiger partial charge in [0, 0.05) is 11.3 Å². The second-order valence-corrected chi connectivity index (χ2v) is 7.67. The van der Waals surface area contributed by atoms with Crippen molar-refractivity contribution in [2.24, 2.45) is 5.73 Å². The summed E-state index contributed by atoms with van der Waals surface area (Å²) < 4.78 is 7.61. The number of carbonyl (C=O) groups is 1. The molecule has 0 radical (unpaired) electrons. The Morgan fingerprint density at radius 3 is 2.57 bits per heavy atom. The Morgan fingerprint density at radius 1 is 1.17 bits per heavy atom. The quantitative estimate of drug-likeness (QED) is 0.690. The lowest BCUT2D eigenvalue weighted by Crippen LogP contribution is -2.43. The van der Waals surface area contributed by atoms with Crippen LogP contribution in [0.4, 0.5) is 5.69 Å². The number of hydrogen-bond acceptors (Lipinski definition) is 5. The van der Waals surface area contributed by atoms with E-state index >= 15 is 0 Å². The van der Waals surface area contributed by atoms with E-state index in [-0.39, 0.29) is 23.3 Å². The number of anilines is 1. The molecule has 5 rings (SSSR count). The number of aromatic nitrogens is 2. The summed E-state index contributed by atoms with van der Waals surface area (Å²) in [6.45, 7) is 4.00. The Bertz CT molecular complexity index is 1270. The maximum atomic E-state index is 13.6. The van der Waals surface area contributed by atoms with Crippen molar-refractivity contribution in [3.05, 3.63) is 82.9 Å². The predicted octanol–water partition coefficient (Wildman–Crippen LogP) is 3.32. The van der Waals surface area contributed by atoms with Gasteiger partial charge < -0.3 is 15.8 Å². The Kier molecular flexibility index (Phi) is 3.74. The number of benzene rings is 2. The molecule has 0 bridgehead atoms. The molecule has 1 atom stereocenters. The molecule has 30 heavy (non-hydrogen) atoms. The fourth-order valence-electron chi connectivity index (χ4n) is 4.37. The third kappa shape index (κ3) is 2.13. The maximum Gasteiger partial charge on any atom is 0.245 e. The lowest BCUT2D eigenvalue weighted by atomic mass is 9.68. The highest BCUT2D eigenvalue weighted by molar-refractivity contribution is 6.12. The van der Waals surface area contributed by atoms with Gasteiger partial charge >= 0.3 is 0 Å². The van der Waals surface area contributed by atoms with Crippen LogP contribution in [0.1, 0.15) is 36.6 Å². The van der Waals surface area contributed by atoms with Crippen LogP contribution in [0.15, 0.2) is 66.1 Å². The molecule has 148 valence electrons. The first-order valence-corrected chi connectivity index (χ1v) is 9.68. The monoisotopic (exact) mass is 397 g/mol. The first-order chi connectivity index (χ1) is 14.5. The summed E-state index contributed by atoms with van der Waals surface area (Å²) in [5, 5.41) is 17.8. The fraction of sp³-hybridized carbons (Fsp3) is 0.174. The summed E-state index contributed by atoms with van der Waals surface area (Å²) in [4.78, 5) is 13.6. The highest BCUT2D eigenvalue weighted by Gasteiger charge is 2.59. The summed E-state index contributed by atoms with van der Waals surface area (Å²) in [7, 11) is 0. The van der Waals surface area contributed by atoms with Gasteiger partial charge in [0.2, 0.25) is 17.7 Å². The normalized spacial score (nSPS) is 19.3. The Labute approximate surface area is 173 Å². The lowest BCUT2D eigenvalue weighted by Gasteiger charge is -2.32. The summed E-state index contributed by atoms with van der Waals surface area (Å²) in [6, 6.07) is 19.0. The van der Waals surface area contributed by atoms with Crippen LogP contribution in [-0.4, -0.2) is 15.7 Å². The number of rotatable bonds is 2. The Balaban J connectivity index is 1.93. The van der Waals surface area contributed by atoms with Gasteiger partial charge in [-0.2, -0.15) is 10.4 Å². The van der Waals surface area contributed by atoms with Crippen LogP contribution < -0.4 is 15.8 Å². The van der Waals surface area contributed by atoms with Gasteiger partial charge in [-0.15, -0.1) is 0 Å². The van der Waals surface area contributed by atoms with Gasteiger partial charge in [-0.1, -0.05) is 50.2 Å². The molecule has 0 saturated carbocycles. The SMILES string of the molecule is CC(C)c1nn(-c2ccccc2)c2c1C1(C(=O)Nc3ccccc31)C(C#N)=C(N)O2. The van der Waals surface area contributed by atoms with Crippen molar-refractivity contribution in [3.8, 4) is 17.6 Å². The van der Waals surface area contributed by atoms with E-state index in [0.29, 0.717) is 28.4 Å². The van der Waals surface area contributed by atoms with E-state index in [1.165, 1.54) is 0 Å². The number of ether oxygens (including phenoxy) is 1. The molecule has 2 aliphatic heterocycles. The number of fused-ring (bicyclic) bond motifs is 4. The van der Waals surface area contributed by atoms with E-state index in [1.54, 1.807) is 4.68 Å². The number of amides is 1. The average Bonchev–Trinajstić information content (AvgIpc) is 3.26. The molecule has 0 aliphatic carbocycles. The topological polar surface area (TPSA) is 106 Å². The summed E-state index contributed by atoms with van der Waals surface area (Å²) in [5.74, 6) is -0.0937. The van der Waals surface area contributed by atoms with Crippen molar-refractivity contribution in [2.75, 3.05) is 5.32 Å². The van der Waals surface area contributed by atoms with Gasteiger partial charge in [0.15, 0.2) is 0 Å². The number of nitrogens with two attached hydrogens (primary N) is 1. The zero-order valence-corrected chi connectivity index (χ0v) is 16.5. The second kappa shape index (κ2) is 6.22. The van der Waals surface area contributed by atoms with Crippen LogP contribution in [0, 0.1) is 11.3 Å². The maximum absolute atomic E-state index is 13.6. The Hall–Kier alpha value is -4.05. The number of hydrogen-bond donors (Lipinski definition) is 2. The summed E-state index contributed by atoms with van der Waals surface area (Å²) in [6.07, 6.45) is 0. The number of nitriles is 1. The smallest absolute Gasteiger partial charge is 0.245 e. The Morgan fingerprint density at radius 2 is 1.87 bits per heavy atom. The highest BCUT2D eigenvalue weighted by Crippen LogP contribution is 2.55. The first kappa shape index (κ1) is 18.0. The van der Waals surface area contributed by atoms with Gasteiger partial charge in [0.25, 0.3) is 0 Å². The highest BCUT2D eigenvalue weighted by atomic mass is 16.5. The van der Waals surface area contributed by atoms with Crippen LogP contribution in [0.2, 0.25) is 0 Å². The van der Waals surface area contributed by atoms with Crippen LogP contribution in [0.3, 0.4) is 0 Å². The molecule has 0 saturated heterocycles. The van der Waals surface area contributed by atoms with Crippen molar-refractivity contribution in [1.29, 1.82) is 5.26 Å². The molecule has 2 aliphatic rings. The lowest BCUT2D eigenvalue weighted by molar-refractivity contribution is -0.118. The molecule has 2 aromatic carbocycles. The van der Waals surface area contributed by atoms with E-state index in [9.17, 15) is 10.1 Å². The molecule has 3 heterocycles. The number of nitrogens with zero attached hydrogens (tertiary/aromatic N) is 3. The molecule has 0 fully saturated rings. The van der Waals surface area contributed by atoms with E-state index in [4.69, 9.17) is 15.6 Å². The average molecular weight is 397 g/mol. The van der Waals surface area contributed by atoms with E-state index in [0.717, 1.165) is 5.69 Å². The molecule has 7 heteroatoms. The number of para-hydroxylation sites is 2. The van der Waals surface area contributed by atoms with Gasteiger partial charge in [0.05, 0.1) is 16.9 Å². The molecular weight excluding hydrogens is 378 g/mol. The number of nitrogens with one attached hydrogen (secondary N) is 1. The summed E-state index contributed by atoms with van der Waals surface area (Å²) >= 11 is 0. The zero-order valence-electron chi connectivity index (χ0n) is 16.5. The van der Waals surface area contributed by atoms with E-state index in [2.05, 4.69) is 11.4 Å². The van der Waals surface area contributed by atoms with Crippen LogP contribution >= 0.6 is 0 Å². The standard InChI is InChI=1S/C23H19N5O2/c1-13(2)19-18-21(28(27-19)14-8-4-3-5-9-14)30-20(25)16(12-24)23(18)15-10-6-7-11-17(15)26-22(23)29/h3-11,13H,25H2,1-2H3,(H,26,29). The molecule has 7 nitrogen and oxygen atoms in total. The molecule has 3 N–H and O–H groups in total. The van der Waals surface area contributed by atoms with Gasteiger partial charge in [0.1, 0.15) is 17.1 Å². The van der Waals surface area contributed by atoms with Crippen molar-refractivity contribution in [3.63, 3.8) is 0 Å². The minimum atomic E-state index is -1.41. The van der Waals surface area contributed by atoms with E-state index < -0.39 is 5.41 Å². The minimum Gasteiger partial charge on any atom is -0.422 e. The predicted molar refractivity (Wildman–Crippen MR) is 111 cm³/mol. The molecule has 1 amide bonds. The van der Waals surface area contributed by atoms with Gasteiger partial charge in [-0.3, -0.25) is 4.79 Å². The number of carbonyl (C=O) groups excluding carboxylic acids is 1. The van der Waals surface area contributed by atoms with Gasteiger partial charge in [-0.25, -0.2) is 4.68 Å². The van der Waals surface area contributed by atoms with Crippen LogP contribution in [0.25, 0.3) is 5.69 Å². The third-order valence-corrected chi connectivity index (χ3v) is 5.65. The van der Waals surface area contributed by atoms with Gasteiger partial charge in [-0.05, 0) is 24.1 Å². The first-order valence-electron chi connectivity index (χ1n) is 9.68. The zero-order chi connectivity index (χ0) is 21.0.